The van der Waals surface area contributed by atoms with Crippen LogP contribution in [0.25, 0.3) is 0 Å². The Balaban J connectivity index is 1.70. The van der Waals surface area contributed by atoms with E-state index in [-0.39, 0.29) is 23.8 Å². The van der Waals surface area contributed by atoms with Crippen LogP contribution in [0.1, 0.15) is 39.2 Å². The molecular formula is C15H22N4O2. The number of rotatable bonds is 3. The Morgan fingerprint density at radius 3 is 2.67 bits per heavy atom. The predicted octanol–water partition coefficient (Wildman–Crippen LogP) is 1.44. The first-order valence-corrected chi connectivity index (χ1v) is 7.69. The first-order chi connectivity index (χ1) is 10.1. The highest BCUT2D eigenvalue weighted by Crippen LogP contribution is 2.27. The zero-order valence-electron chi connectivity index (χ0n) is 12.7. The summed E-state index contributed by atoms with van der Waals surface area (Å²) in [4.78, 5) is 28.2. The molecule has 3 rings (SSSR count). The molecule has 0 aliphatic carbocycles. The van der Waals surface area contributed by atoms with Gasteiger partial charge in [-0.1, -0.05) is 0 Å². The van der Waals surface area contributed by atoms with Crippen molar-refractivity contribution in [3.63, 3.8) is 0 Å². The zero-order chi connectivity index (χ0) is 15.0. The molecule has 6 heteroatoms. The highest BCUT2D eigenvalue weighted by atomic mass is 16.2. The first-order valence-electron chi connectivity index (χ1n) is 7.69. The minimum Gasteiger partial charge on any atom is -0.342 e. The predicted molar refractivity (Wildman–Crippen MR) is 78.9 cm³/mol. The lowest BCUT2D eigenvalue weighted by atomic mass is 10.1. The third-order valence-corrected chi connectivity index (χ3v) is 4.32. The lowest BCUT2D eigenvalue weighted by Crippen LogP contribution is -2.35. The molecule has 2 fully saturated rings. The Morgan fingerprint density at radius 2 is 2.05 bits per heavy atom. The van der Waals surface area contributed by atoms with Gasteiger partial charge in [0.2, 0.25) is 11.8 Å². The third-order valence-electron chi connectivity index (χ3n) is 4.32. The molecule has 1 atom stereocenters. The van der Waals surface area contributed by atoms with Crippen molar-refractivity contribution >= 4 is 17.5 Å². The molecule has 21 heavy (non-hydrogen) atoms. The molecule has 1 aromatic rings. The summed E-state index contributed by atoms with van der Waals surface area (Å²) in [6.07, 6.45) is 6.07. The van der Waals surface area contributed by atoms with Gasteiger partial charge in [0.15, 0.2) is 0 Å². The fourth-order valence-electron chi connectivity index (χ4n) is 3.07. The van der Waals surface area contributed by atoms with Crippen LogP contribution < -0.4 is 4.90 Å². The van der Waals surface area contributed by atoms with E-state index < -0.39 is 0 Å². The van der Waals surface area contributed by atoms with Gasteiger partial charge in [-0.05, 0) is 26.7 Å². The summed E-state index contributed by atoms with van der Waals surface area (Å²) in [7, 11) is 0. The van der Waals surface area contributed by atoms with Crippen molar-refractivity contribution < 1.29 is 9.59 Å². The number of hydrogen-bond acceptors (Lipinski definition) is 3. The second-order valence-corrected chi connectivity index (χ2v) is 6.21. The first kappa shape index (κ1) is 14.1. The quantitative estimate of drug-likeness (QED) is 0.846. The normalized spacial score (nSPS) is 22.6. The molecular weight excluding hydrogens is 268 g/mol. The molecule has 0 unspecified atom stereocenters. The lowest BCUT2D eigenvalue weighted by Gasteiger charge is -2.19. The summed E-state index contributed by atoms with van der Waals surface area (Å²) in [5, 5.41) is 4.27. The second-order valence-electron chi connectivity index (χ2n) is 6.21. The minimum absolute atomic E-state index is 0.0239. The Labute approximate surface area is 124 Å². The number of carbonyl (C=O) groups excluding carboxylic acids is 2. The zero-order valence-corrected chi connectivity index (χ0v) is 12.7. The molecule has 0 saturated carbocycles. The SMILES string of the molecule is CC(C)n1cc(N2C[C@H](C(=O)N3CCCC3)CC2=O)cn1. The topological polar surface area (TPSA) is 58.4 Å². The fourth-order valence-corrected chi connectivity index (χ4v) is 3.07. The van der Waals surface area contributed by atoms with Crippen LogP contribution in [0.4, 0.5) is 5.69 Å². The van der Waals surface area contributed by atoms with E-state index in [2.05, 4.69) is 5.10 Å². The number of likely N-dealkylation sites (tertiary alicyclic amines) is 1. The van der Waals surface area contributed by atoms with Crippen molar-refractivity contribution in [2.75, 3.05) is 24.5 Å². The molecule has 0 spiro atoms. The van der Waals surface area contributed by atoms with Gasteiger partial charge in [0, 0.05) is 38.3 Å². The van der Waals surface area contributed by atoms with E-state index in [1.807, 2.05) is 29.6 Å². The third kappa shape index (κ3) is 2.66. The standard InChI is InChI=1S/C15H22N4O2/c1-11(2)19-10-13(8-16-19)18-9-12(7-14(18)20)15(21)17-5-3-4-6-17/h8,10-12H,3-7,9H2,1-2H3/t12-/m1/s1. The van der Waals surface area contributed by atoms with Gasteiger partial charge in [-0.3, -0.25) is 14.3 Å². The molecule has 2 saturated heterocycles. The monoisotopic (exact) mass is 290 g/mol. The minimum atomic E-state index is -0.196. The van der Waals surface area contributed by atoms with E-state index in [1.54, 1.807) is 11.1 Å². The molecule has 3 heterocycles. The average Bonchev–Trinajstić information content (AvgIpc) is 3.18. The van der Waals surface area contributed by atoms with Gasteiger partial charge in [-0.25, -0.2) is 0 Å². The molecule has 114 valence electrons. The lowest BCUT2D eigenvalue weighted by molar-refractivity contribution is -0.134. The van der Waals surface area contributed by atoms with E-state index in [4.69, 9.17) is 0 Å². The van der Waals surface area contributed by atoms with Crippen molar-refractivity contribution in [2.45, 2.75) is 39.2 Å². The summed E-state index contributed by atoms with van der Waals surface area (Å²) in [6.45, 7) is 6.26. The molecule has 1 aromatic heterocycles. The van der Waals surface area contributed by atoms with Crippen LogP contribution >= 0.6 is 0 Å². The largest absolute Gasteiger partial charge is 0.342 e. The van der Waals surface area contributed by atoms with Crippen molar-refractivity contribution in [1.29, 1.82) is 0 Å². The summed E-state index contributed by atoms with van der Waals surface area (Å²) >= 11 is 0. The van der Waals surface area contributed by atoms with Crippen LogP contribution in [0.5, 0.6) is 0 Å². The molecule has 0 radical (unpaired) electrons. The van der Waals surface area contributed by atoms with Crippen LogP contribution in [0, 0.1) is 5.92 Å². The van der Waals surface area contributed by atoms with E-state index >= 15 is 0 Å². The number of amides is 2. The van der Waals surface area contributed by atoms with E-state index in [9.17, 15) is 9.59 Å². The smallest absolute Gasteiger partial charge is 0.228 e. The maximum absolute atomic E-state index is 12.4. The molecule has 2 aliphatic heterocycles. The van der Waals surface area contributed by atoms with Gasteiger partial charge in [0.05, 0.1) is 17.8 Å². The molecule has 0 N–H and O–H groups in total. The van der Waals surface area contributed by atoms with Crippen LogP contribution in [0.2, 0.25) is 0 Å². The summed E-state index contributed by atoms with van der Waals surface area (Å²) in [5.41, 5.74) is 0.797. The highest BCUT2D eigenvalue weighted by molar-refractivity contribution is 6.00. The van der Waals surface area contributed by atoms with Gasteiger partial charge < -0.3 is 9.80 Å². The Kier molecular flexibility index (Phi) is 3.69. The number of aromatic nitrogens is 2. The number of anilines is 1. The van der Waals surface area contributed by atoms with Crippen molar-refractivity contribution in [1.82, 2.24) is 14.7 Å². The van der Waals surface area contributed by atoms with Gasteiger partial charge in [-0.15, -0.1) is 0 Å². The number of nitrogens with zero attached hydrogens (tertiary/aromatic N) is 4. The highest BCUT2D eigenvalue weighted by Gasteiger charge is 2.38. The molecule has 0 bridgehead atoms. The van der Waals surface area contributed by atoms with Gasteiger partial charge in [0.25, 0.3) is 0 Å². The molecule has 2 aliphatic rings. The van der Waals surface area contributed by atoms with Crippen molar-refractivity contribution in [2.24, 2.45) is 5.92 Å². The maximum atomic E-state index is 12.4. The summed E-state index contributed by atoms with van der Waals surface area (Å²) < 4.78 is 1.83. The maximum Gasteiger partial charge on any atom is 0.228 e. The Hall–Kier alpha value is -1.85. The van der Waals surface area contributed by atoms with E-state index in [0.29, 0.717) is 13.0 Å². The molecule has 0 aromatic carbocycles. The van der Waals surface area contributed by atoms with Crippen LogP contribution in [0.3, 0.4) is 0 Å². The summed E-state index contributed by atoms with van der Waals surface area (Å²) in [5.74, 6) is -0.0338. The Bertz CT molecular complexity index is 546. The molecule has 6 nitrogen and oxygen atoms in total. The fraction of sp³-hybridized carbons (Fsp3) is 0.667. The van der Waals surface area contributed by atoms with E-state index in [0.717, 1.165) is 31.6 Å². The Morgan fingerprint density at radius 1 is 1.33 bits per heavy atom. The number of carbonyl (C=O) groups is 2. The van der Waals surface area contributed by atoms with Crippen molar-refractivity contribution in [3.05, 3.63) is 12.4 Å². The van der Waals surface area contributed by atoms with Crippen molar-refractivity contribution in [3.8, 4) is 0 Å². The second kappa shape index (κ2) is 5.50. The van der Waals surface area contributed by atoms with E-state index in [1.165, 1.54) is 0 Å². The van der Waals surface area contributed by atoms with Gasteiger partial charge in [0.1, 0.15) is 0 Å². The summed E-state index contributed by atoms with van der Waals surface area (Å²) in [6, 6.07) is 0.262. The average molecular weight is 290 g/mol. The molecule has 2 amide bonds. The van der Waals surface area contributed by atoms with Gasteiger partial charge >= 0.3 is 0 Å². The van der Waals surface area contributed by atoms with Crippen LogP contribution in [-0.4, -0.2) is 46.1 Å². The van der Waals surface area contributed by atoms with Gasteiger partial charge in [-0.2, -0.15) is 5.10 Å². The number of hydrogen-bond donors (Lipinski definition) is 0. The van der Waals surface area contributed by atoms with Crippen LogP contribution in [-0.2, 0) is 9.59 Å². The van der Waals surface area contributed by atoms with Crippen LogP contribution in [0.15, 0.2) is 12.4 Å².